The van der Waals surface area contributed by atoms with Crippen molar-refractivity contribution in [2.45, 2.75) is 316 Å². The summed E-state index contributed by atoms with van der Waals surface area (Å²) in [5.74, 6) is -0.906. The monoisotopic (exact) mass is 1130 g/mol. The molecular weight excluding hydrogens is 1010 g/mol. The molecule has 0 radical (unpaired) electrons. The molecule has 466 valence electrons. The van der Waals surface area contributed by atoms with Gasteiger partial charge in [0.25, 0.3) is 0 Å². The average molecular weight is 1140 g/mol. The topological polar surface area (TPSA) is 78.9 Å². The molecule has 1 atom stereocenters. The summed E-state index contributed by atoms with van der Waals surface area (Å²) in [5, 5.41) is 0. The van der Waals surface area contributed by atoms with Gasteiger partial charge in [-0.2, -0.15) is 0 Å². The van der Waals surface area contributed by atoms with E-state index in [1.54, 1.807) is 0 Å². The Morgan fingerprint density at radius 2 is 0.476 bits per heavy atom. The Morgan fingerprint density at radius 1 is 0.256 bits per heavy atom. The van der Waals surface area contributed by atoms with Crippen molar-refractivity contribution in [1.82, 2.24) is 0 Å². The largest absolute Gasteiger partial charge is 0.462 e. The van der Waals surface area contributed by atoms with Crippen LogP contribution in [0.3, 0.4) is 0 Å². The highest BCUT2D eigenvalue weighted by Gasteiger charge is 2.19. The molecule has 0 amide bonds. The van der Waals surface area contributed by atoms with Gasteiger partial charge in [-0.1, -0.05) is 309 Å². The number of allylic oxidation sites excluding steroid dienone is 22. The predicted octanol–water partition coefficient (Wildman–Crippen LogP) is 23.7. The molecule has 0 aliphatic carbocycles. The van der Waals surface area contributed by atoms with Gasteiger partial charge in [0.05, 0.1) is 0 Å². The second-order valence-corrected chi connectivity index (χ2v) is 22.3. The minimum atomic E-state index is -0.796. The summed E-state index contributed by atoms with van der Waals surface area (Å²) < 4.78 is 17.0. The van der Waals surface area contributed by atoms with Gasteiger partial charge >= 0.3 is 17.9 Å². The van der Waals surface area contributed by atoms with Gasteiger partial charge in [-0.15, -0.1) is 0 Å². The van der Waals surface area contributed by atoms with Crippen LogP contribution in [0.4, 0.5) is 0 Å². The first-order valence-corrected chi connectivity index (χ1v) is 34.2. The lowest BCUT2D eigenvalue weighted by atomic mass is 10.0. The van der Waals surface area contributed by atoms with E-state index in [-0.39, 0.29) is 31.1 Å². The van der Waals surface area contributed by atoms with Crippen LogP contribution < -0.4 is 0 Å². The van der Waals surface area contributed by atoms with Gasteiger partial charge in [-0.05, 0) is 116 Å². The van der Waals surface area contributed by atoms with Crippen molar-refractivity contribution in [3.63, 3.8) is 0 Å². The highest BCUT2D eigenvalue weighted by Crippen LogP contribution is 2.16. The summed E-state index contributed by atoms with van der Waals surface area (Å²) >= 11 is 0. The zero-order valence-corrected chi connectivity index (χ0v) is 53.5. The molecule has 0 bridgehead atoms. The van der Waals surface area contributed by atoms with Crippen LogP contribution in [-0.2, 0) is 28.6 Å². The number of hydrogen-bond donors (Lipinski definition) is 0. The molecule has 0 aromatic carbocycles. The first-order valence-electron chi connectivity index (χ1n) is 34.2. The van der Waals surface area contributed by atoms with Gasteiger partial charge in [0.2, 0.25) is 0 Å². The minimum absolute atomic E-state index is 0.0884. The number of ether oxygens (including phenoxy) is 3. The van der Waals surface area contributed by atoms with Gasteiger partial charge in [0.1, 0.15) is 13.2 Å². The lowest BCUT2D eigenvalue weighted by molar-refractivity contribution is -0.167. The fourth-order valence-corrected chi connectivity index (χ4v) is 9.36. The van der Waals surface area contributed by atoms with Crippen LogP contribution in [0.15, 0.2) is 134 Å². The maximum Gasteiger partial charge on any atom is 0.306 e. The summed E-state index contributed by atoms with van der Waals surface area (Å²) in [7, 11) is 0. The number of unbranched alkanes of at least 4 members (excludes halogenated alkanes) is 28. The van der Waals surface area contributed by atoms with Crippen molar-refractivity contribution in [3.8, 4) is 0 Å². The van der Waals surface area contributed by atoms with Crippen LogP contribution in [0.2, 0.25) is 0 Å². The highest BCUT2D eigenvalue weighted by atomic mass is 16.6. The Morgan fingerprint density at radius 3 is 0.744 bits per heavy atom. The van der Waals surface area contributed by atoms with Gasteiger partial charge in [0.15, 0.2) is 6.10 Å². The average Bonchev–Trinajstić information content (AvgIpc) is 3.47. The van der Waals surface area contributed by atoms with Crippen molar-refractivity contribution in [2.75, 3.05) is 13.2 Å². The number of hydrogen-bond acceptors (Lipinski definition) is 6. The smallest absolute Gasteiger partial charge is 0.306 e. The molecular formula is C76H126O6. The van der Waals surface area contributed by atoms with Crippen LogP contribution in [0.1, 0.15) is 310 Å². The van der Waals surface area contributed by atoms with Crippen molar-refractivity contribution in [1.29, 1.82) is 0 Å². The van der Waals surface area contributed by atoms with Gasteiger partial charge in [-0.25, -0.2) is 0 Å². The molecule has 0 fully saturated rings. The fourth-order valence-electron chi connectivity index (χ4n) is 9.36. The van der Waals surface area contributed by atoms with E-state index in [0.717, 1.165) is 148 Å². The van der Waals surface area contributed by atoms with Crippen LogP contribution in [0.25, 0.3) is 0 Å². The zero-order chi connectivity index (χ0) is 59.2. The number of carbonyl (C=O) groups excluding carboxylic acids is 3. The van der Waals surface area contributed by atoms with Crippen LogP contribution in [0.5, 0.6) is 0 Å². The van der Waals surface area contributed by atoms with E-state index < -0.39 is 6.10 Å². The third-order valence-electron chi connectivity index (χ3n) is 14.4. The Hall–Kier alpha value is -4.45. The molecule has 0 N–H and O–H groups in total. The molecule has 0 rings (SSSR count). The fraction of sp³-hybridized carbons (Fsp3) is 0.671. The summed E-state index contributed by atoms with van der Waals surface area (Å²) in [4.78, 5) is 38.5. The van der Waals surface area contributed by atoms with E-state index in [9.17, 15) is 14.4 Å². The van der Waals surface area contributed by atoms with Crippen LogP contribution in [-0.4, -0.2) is 37.2 Å². The molecule has 0 aromatic heterocycles. The van der Waals surface area contributed by atoms with E-state index in [4.69, 9.17) is 14.2 Å². The van der Waals surface area contributed by atoms with Crippen LogP contribution >= 0.6 is 0 Å². The molecule has 0 heterocycles. The van der Waals surface area contributed by atoms with E-state index in [2.05, 4.69) is 154 Å². The van der Waals surface area contributed by atoms with Crippen molar-refractivity contribution < 1.29 is 28.6 Å². The normalized spacial score (nSPS) is 13.0. The molecule has 0 saturated carbocycles. The predicted molar refractivity (Wildman–Crippen MR) is 357 cm³/mol. The first kappa shape index (κ1) is 77.5. The summed E-state index contributed by atoms with van der Waals surface area (Å²) in [5.41, 5.74) is 0. The lowest BCUT2D eigenvalue weighted by Crippen LogP contribution is -2.30. The van der Waals surface area contributed by atoms with Gasteiger partial charge in [-0.3, -0.25) is 14.4 Å². The molecule has 6 nitrogen and oxygen atoms in total. The Labute approximate surface area is 506 Å². The molecule has 0 aliphatic rings. The molecule has 0 spiro atoms. The molecule has 1 unspecified atom stereocenters. The van der Waals surface area contributed by atoms with E-state index in [1.165, 1.54) is 122 Å². The Balaban J connectivity index is 4.44. The molecule has 82 heavy (non-hydrogen) atoms. The maximum absolute atomic E-state index is 13.0. The quantitative estimate of drug-likeness (QED) is 0.0261. The number of esters is 3. The van der Waals surface area contributed by atoms with Crippen molar-refractivity contribution in [2.24, 2.45) is 0 Å². The Kier molecular flexibility index (Phi) is 65.3. The van der Waals surface area contributed by atoms with E-state index >= 15 is 0 Å². The van der Waals surface area contributed by atoms with E-state index in [1.807, 2.05) is 0 Å². The molecule has 0 aromatic rings. The third-order valence-corrected chi connectivity index (χ3v) is 14.4. The maximum atomic E-state index is 13.0. The summed E-state index contributed by atoms with van der Waals surface area (Å²) in [6.45, 7) is 6.42. The highest BCUT2D eigenvalue weighted by molar-refractivity contribution is 5.71. The standard InChI is InChI=1S/C76H126O6/c1-4-7-10-13-16-19-22-25-28-31-33-35-37-38-40-41-43-45-48-51-54-57-60-63-66-69-75(78)81-72-73(71-80-74(77)68-65-62-59-56-53-50-47-30-27-24-21-18-15-12-9-6-3)82-76(79)70-67-64-61-58-55-52-49-46-44-42-39-36-34-32-29-26-23-20-17-14-11-8-5-2/h7-8,10-11,16-17,19-20,25-26,28-29,33-36,38,40,42-45,73H,4-6,9,12-15,18,21-24,27,30-32,37,39,41,46-72H2,1-3H3/b10-7-,11-8-,19-16-,20-17-,28-25-,29-26-,35-33-,36-34-,40-38-,44-42-,45-43-. The van der Waals surface area contributed by atoms with Crippen molar-refractivity contribution >= 4 is 17.9 Å². The summed E-state index contributed by atoms with van der Waals surface area (Å²) in [6.07, 6.45) is 97.4. The third kappa shape index (κ3) is 66.4. The Bertz CT molecular complexity index is 1730. The minimum Gasteiger partial charge on any atom is -0.462 e. The van der Waals surface area contributed by atoms with E-state index in [0.29, 0.717) is 19.3 Å². The molecule has 0 saturated heterocycles. The zero-order valence-electron chi connectivity index (χ0n) is 53.5. The van der Waals surface area contributed by atoms with Gasteiger partial charge < -0.3 is 14.2 Å². The first-order chi connectivity index (χ1) is 40.5. The lowest BCUT2D eigenvalue weighted by Gasteiger charge is -2.18. The number of carbonyl (C=O) groups is 3. The SMILES string of the molecule is CC/C=C\C/C=C\C/C=C\C/C=C\C/C=C\C/C=C\CCCCCCCCC(=O)OCC(COC(=O)CCCCCCCCCCCCCCCCCC)OC(=O)CCCCCCCCC/C=C\C/C=C\C/C=C\C/C=C\C/C=C\CC. The molecule has 6 heteroatoms. The second kappa shape index (κ2) is 69.0. The summed E-state index contributed by atoms with van der Waals surface area (Å²) in [6, 6.07) is 0. The van der Waals surface area contributed by atoms with Gasteiger partial charge in [0, 0.05) is 19.3 Å². The van der Waals surface area contributed by atoms with Crippen LogP contribution in [0, 0.1) is 0 Å². The molecule has 0 aliphatic heterocycles. The number of rotatable bonds is 61. The van der Waals surface area contributed by atoms with Crippen molar-refractivity contribution in [3.05, 3.63) is 134 Å². The second-order valence-electron chi connectivity index (χ2n) is 22.3.